The Morgan fingerprint density at radius 3 is 2.69 bits per heavy atom. The monoisotopic (exact) mass is 384 g/mol. The van der Waals surface area contributed by atoms with E-state index in [0.717, 1.165) is 39.4 Å². The molecule has 7 nitrogen and oxygen atoms in total. The van der Waals surface area contributed by atoms with E-state index < -0.39 is 0 Å². The first-order chi connectivity index (χ1) is 14.0. The Kier molecular flexibility index (Phi) is 4.83. The molecule has 7 heteroatoms. The summed E-state index contributed by atoms with van der Waals surface area (Å²) in [4.78, 5) is 15.0. The van der Waals surface area contributed by atoms with Gasteiger partial charge in [0.2, 0.25) is 0 Å². The zero-order valence-corrected chi connectivity index (χ0v) is 16.5. The minimum absolute atomic E-state index is 0.395. The van der Waals surface area contributed by atoms with Crippen LogP contribution in [-0.4, -0.2) is 26.6 Å². The summed E-state index contributed by atoms with van der Waals surface area (Å²) >= 11 is 0. The number of pyridine rings is 2. The largest absolute Gasteiger partial charge is 0.489 e. The van der Waals surface area contributed by atoms with Gasteiger partial charge in [0.05, 0.1) is 18.0 Å². The van der Waals surface area contributed by atoms with Crippen LogP contribution in [0.4, 0.5) is 11.5 Å². The van der Waals surface area contributed by atoms with Crippen molar-refractivity contribution in [3.05, 3.63) is 71.9 Å². The smallest absolute Gasteiger partial charge is 0.140 e. The zero-order valence-electron chi connectivity index (χ0n) is 16.5. The highest BCUT2D eigenvalue weighted by Crippen LogP contribution is 2.30. The predicted molar refractivity (Wildman–Crippen MR) is 111 cm³/mol. The normalized spacial score (nSPS) is 10.7. The summed E-state index contributed by atoms with van der Waals surface area (Å²) in [5.74, 6) is 1.63. The quantitative estimate of drug-likeness (QED) is 0.519. The fourth-order valence-corrected chi connectivity index (χ4v) is 3.16. The maximum Gasteiger partial charge on any atom is 0.140 e. The van der Waals surface area contributed by atoms with Crippen LogP contribution in [0.25, 0.3) is 11.0 Å². The average molecular weight is 384 g/mol. The van der Waals surface area contributed by atoms with E-state index in [1.807, 2.05) is 62.0 Å². The lowest BCUT2D eigenvalue weighted by Gasteiger charge is -2.21. The molecular weight excluding hydrogens is 364 g/mol. The number of nitrogens with zero attached hydrogens (tertiary/aromatic N) is 6. The summed E-state index contributed by atoms with van der Waals surface area (Å²) in [6.45, 7) is 2.44. The van der Waals surface area contributed by atoms with Gasteiger partial charge in [-0.2, -0.15) is 5.26 Å². The summed E-state index contributed by atoms with van der Waals surface area (Å²) < 4.78 is 7.86. The fraction of sp³-hybridized carbons (Fsp3) is 0.182. The van der Waals surface area contributed by atoms with E-state index in [0.29, 0.717) is 12.3 Å². The molecule has 0 unspecified atom stereocenters. The van der Waals surface area contributed by atoms with E-state index in [-0.39, 0.29) is 0 Å². The molecule has 0 radical (unpaired) electrons. The summed E-state index contributed by atoms with van der Waals surface area (Å²) in [6, 6.07) is 13.6. The third-order valence-electron chi connectivity index (χ3n) is 4.82. The molecule has 0 aliphatic carbocycles. The highest BCUT2D eigenvalue weighted by Gasteiger charge is 2.11. The van der Waals surface area contributed by atoms with Crippen molar-refractivity contribution in [3.8, 4) is 11.8 Å². The lowest BCUT2D eigenvalue weighted by Crippen LogP contribution is -2.12. The Morgan fingerprint density at radius 1 is 1.10 bits per heavy atom. The summed E-state index contributed by atoms with van der Waals surface area (Å²) in [5, 5.41) is 8.82. The number of rotatable bonds is 5. The zero-order chi connectivity index (χ0) is 20.4. The molecular formula is C22H20N6O. The first kappa shape index (κ1) is 18.4. The van der Waals surface area contributed by atoms with E-state index in [9.17, 15) is 0 Å². The number of fused-ring (bicyclic) bond motifs is 1. The Balaban J connectivity index is 1.51. The van der Waals surface area contributed by atoms with E-state index >= 15 is 0 Å². The molecule has 4 aromatic rings. The van der Waals surface area contributed by atoms with Crippen molar-refractivity contribution in [3.63, 3.8) is 0 Å². The lowest BCUT2D eigenvalue weighted by atomic mass is 10.1. The molecule has 29 heavy (non-hydrogen) atoms. The van der Waals surface area contributed by atoms with Crippen molar-refractivity contribution < 1.29 is 4.74 Å². The molecule has 0 aliphatic rings. The minimum atomic E-state index is 0.395. The number of anilines is 2. The molecule has 0 amide bonds. The molecule has 4 rings (SSSR count). The third-order valence-corrected chi connectivity index (χ3v) is 4.82. The number of imidazole rings is 1. The van der Waals surface area contributed by atoms with Crippen LogP contribution in [0.3, 0.4) is 0 Å². The van der Waals surface area contributed by atoms with Crippen molar-refractivity contribution >= 4 is 22.5 Å². The lowest BCUT2D eigenvalue weighted by molar-refractivity contribution is 0.305. The molecule has 144 valence electrons. The van der Waals surface area contributed by atoms with Crippen molar-refractivity contribution in [2.24, 2.45) is 7.05 Å². The molecule has 0 bridgehead atoms. The van der Waals surface area contributed by atoms with Gasteiger partial charge < -0.3 is 14.2 Å². The Labute approximate surface area is 168 Å². The molecule has 0 saturated carbocycles. The summed E-state index contributed by atoms with van der Waals surface area (Å²) in [6.07, 6.45) is 5.24. The van der Waals surface area contributed by atoms with Gasteiger partial charge in [-0.05, 0) is 36.8 Å². The van der Waals surface area contributed by atoms with Crippen LogP contribution < -0.4 is 9.64 Å². The fourth-order valence-electron chi connectivity index (χ4n) is 3.16. The molecule has 0 atom stereocenters. The average Bonchev–Trinajstić information content (AvgIpc) is 3.12. The van der Waals surface area contributed by atoms with Crippen molar-refractivity contribution in [2.45, 2.75) is 13.5 Å². The van der Waals surface area contributed by atoms with Gasteiger partial charge in [0.1, 0.15) is 35.5 Å². The van der Waals surface area contributed by atoms with Gasteiger partial charge in [-0.25, -0.2) is 15.0 Å². The third kappa shape index (κ3) is 3.73. The van der Waals surface area contributed by atoms with Crippen molar-refractivity contribution in [1.82, 2.24) is 19.5 Å². The number of nitriles is 1. The van der Waals surface area contributed by atoms with Crippen LogP contribution in [-0.2, 0) is 13.7 Å². The second kappa shape index (κ2) is 7.60. The molecule has 0 saturated heterocycles. The second-order valence-corrected chi connectivity index (χ2v) is 6.85. The van der Waals surface area contributed by atoms with E-state index in [1.54, 1.807) is 24.8 Å². The summed E-state index contributed by atoms with van der Waals surface area (Å²) in [5.41, 5.74) is 5.35. The standard InChI is InChI=1S/C22H20N6O/c1-15-8-18(29-13-16-4-5-17(10-23)24-11-16)6-7-20(15)28(3)22-9-21-19(12-25-22)26-14-27(21)2/h4-9,11-12,14H,13H2,1-3H3. The van der Waals surface area contributed by atoms with Gasteiger partial charge in [0.25, 0.3) is 0 Å². The number of benzene rings is 1. The first-order valence-electron chi connectivity index (χ1n) is 9.14. The SMILES string of the molecule is Cc1cc(OCc2ccc(C#N)nc2)ccc1N(C)c1cc2c(cn1)ncn2C. The topological polar surface area (TPSA) is 79.9 Å². The first-order valence-corrected chi connectivity index (χ1v) is 9.14. The van der Waals surface area contributed by atoms with Crippen molar-refractivity contribution in [2.75, 3.05) is 11.9 Å². The van der Waals surface area contributed by atoms with Crippen LogP contribution in [0, 0.1) is 18.3 Å². The maximum atomic E-state index is 8.82. The highest BCUT2D eigenvalue weighted by atomic mass is 16.5. The highest BCUT2D eigenvalue weighted by molar-refractivity contribution is 5.79. The minimum Gasteiger partial charge on any atom is -0.489 e. The van der Waals surface area contributed by atoms with Gasteiger partial charge in [0, 0.05) is 37.6 Å². The van der Waals surface area contributed by atoms with Gasteiger partial charge in [-0.3, -0.25) is 0 Å². The Morgan fingerprint density at radius 2 is 1.97 bits per heavy atom. The molecule has 1 aromatic carbocycles. The number of hydrogen-bond donors (Lipinski definition) is 0. The Bertz CT molecular complexity index is 1210. The number of hydrogen-bond acceptors (Lipinski definition) is 6. The van der Waals surface area contributed by atoms with Crippen LogP contribution in [0.2, 0.25) is 0 Å². The van der Waals surface area contributed by atoms with E-state index in [2.05, 4.69) is 19.9 Å². The van der Waals surface area contributed by atoms with Crippen molar-refractivity contribution in [1.29, 1.82) is 5.26 Å². The number of ether oxygens (including phenoxy) is 1. The maximum absolute atomic E-state index is 8.82. The van der Waals surface area contributed by atoms with Gasteiger partial charge in [-0.1, -0.05) is 6.07 Å². The number of aromatic nitrogens is 4. The predicted octanol–water partition coefficient (Wildman–Crippen LogP) is 3.89. The van der Waals surface area contributed by atoms with Crippen LogP contribution in [0.15, 0.2) is 55.1 Å². The van der Waals surface area contributed by atoms with Crippen LogP contribution >= 0.6 is 0 Å². The van der Waals surface area contributed by atoms with Gasteiger partial charge in [-0.15, -0.1) is 0 Å². The molecule has 0 N–H and O–H groups in total. The van der Waals surface area contributed by atoms with E-state index in [4.69, 9.17) is 10.00 Å². The molecule has 0 aliphatic heterocycles. The molecule has 3 aromatic heterocycles. The number of aryl methyl sites for hydroxylation is 2. The molecule has 0 fully saturated rings. The Hall–Kier alpha value is -3.92. The van der Waals surface area contributed by atoms with Crippen LogP contribution in [0.1, 0.15) is 16.8 Å². The van der Waals surface area contributed by atoms with E-state index in [1.165, 1.54) is 0 Å². The van der Waals surface area contributed by atoms with Crippen LogP contribution in [0.5, 0.6) is 5.75 Å². The second-order valence-electron chi connectivity index (χ2n) is 6.85. The van der Waals surface area contributed by atoms with Gasteiger partial charge in [0.15, 0.2) is 0 Å². The molecule has 3 heterocycles. The van der Waals surface area contributed by atoms with Gasteiger partial charge >= 0.3 is 0 Å². The molecule has 0 spiro atoms. The summed E-state index contributed by atoms with van der Waals surface area (Å²) in [7, 11) is 3.97.